The van der Waals surface area contributed by atoms with E-state index in [9.17, 15) is 9.59 Å². The van der Waals surface area contributed by atoms with Gasteiger partial charge in [-0.15, -0.1) is 0 Å². The number of hydrogen-bond acceptors (Lipinski definition) is 5. The number of urea groups is 1. The summed E-state index contributed by atoms with van der Waals surface area (Å²) in [5.74, 6) is 0.0539. The fourth-order valence-corrected chi connectivity index (χ4v) is 2.26. The van der Waals surface area contributed by atoms with Gasteiger partial charge in [-0.2, -0.15) is 4.98 Å². The molecular weight excluding hydrogens is 264 g/mol. The van der Waals surface area contributed by atoms with E-state index >= 15 is 0 Å². The first kappa shape index (κ1) is 14.3. The van der Waals surface area contributed by atoms with Crippen LogP contribution in [0.5, 0.6) is 0 Å². The molecule has 0 bridgehead atoms. The molecule has 20 heavy (non-hydrogen) atoms. The van der Waals surface area contributed by atoms with E-state index < -0.39 is 12.0 Å². The van der Waals surface area contributed by atoms with E-state index in [1.165, 1.54) is 4.90 Å². The predicted octanol–water partition coefficient (Wildman–Crippen LogP) is 0.569. The molecule has 0 aliphatic carbocycles. The van der Waals surface area contributed by atoms with Gasteiger partial charge in [0.2, 0.25) is 5.89 Å². The monoisotopic (exact) mass is 282 g/mol. The summed E-state index contributed by atoms with van der Waals surface area (Å²) in [6, 6.07) is -1.08. The summed E-state index contributed by atoms with van der Waals surface area (Å²) in [7, 11) is 0. The zero-order valence-corrected chi connectivity index (χ0v) is 11.3. The number of amides is 2. The van der Waals surface area contributed by atoms with Gasteiger partial charge in [-0.3, -0.25) is 0 Å². The summed E-state index contributed by atoms with van der Waals surface area (Å²) in [5.41, 5.74) is 0. The summed E-state index contributed by atoms with van der Waals surface area (Å²) >= 11 is 0. The van der Waals surface area contributed by atoms with Gasteiger partial charge in [-0.05, 0) is 19.3 Å². The van der Waals surface area contributed by atoms with Crippen LogP contribution >= 0.6 is 0 Å². The third-order valence-electron chi connectivity index (χ3n) is 3.24. The van der Waals surface area contributed by atoms with E-state index in [4.69, 9.17) is 9.63 Å². The highest BCUT2D eigenvalue weighted by Crippen LogP contribution is 2.17. The van der Waals surface area contributed by atoms with Crippen LogP contribution in [-0.2, 0) is 11.2 Å². The minimum atomic E-state index is -0.950. The van der Waals surface area contributed by atoms with Gasteiger partial charge in [0.05, 0.1) is 0 Å². The molecule has 2 N–H and O–H groups in total. The van der Waals surface area contributed by atoms with Gasteiger partial charge in [0.15, 0.2) is 5.82 Å². The topological polar surface area (TPSA) is 109 Å². The lowest BCUT2D eigenvalue weighted by molar-refractivity contribution is -0.143. The molecule has 1 atom stereocenters. The molecule has 1 aromatic heterocycles. The maximum atomic E-state index is 12.0. The molecule has 0 aromatic carbocycles. The lowest BCUT2D eigenvalue weighted by Gasteiger charge is -2.32. The summed E-state index contributed by atoms with van der Waals surface area (Å²) < 4.78 is 4.82. The van der Waals surface area contributed by atoms with Crippen LogP contribution in [0.25, 0.3) is 0 Å². The molecule has 2 rings (SSSR count). The van der Waals surface area contributed by atoms with E-state index in [2.05, 4.69) is 15.5 Å². The number of carbonyl (C=O) groups is 2. The van der Waals surface area contributed by atoms with Gasteiger partial charge >= 0.3 is 12.0 Å². The molecule has 8 heteroatoms. The van der Waals surface area contributed by atoms with Crippen LogP contribution in [-0.4, -0.2) is 51.3 Å². The summed E-state index contributed by atoms with van der Waals surface area (Å²) in [5, 5.41) is 15.5. The molecule has 0 radical (unpaired) electrons. The largest absolute Gasteiger partial charge is 0.480 e. The van der Waals surface area contributed by atoms with Crippen LogP contribution in [0, 0.1) is 6.92 Å². The van der Waals surface area contributed by atoms with Gasteiger partial charge < -0.3 is 19.8 Å². The molecular formula is C12H18N4O4. The number of aryl methyl sites for hydroxylation is 1. The SMILES string of the molecule is Cc1nc(CCNC(=O)N2CCCCC2C(=O)O)no1. The molecule has 1 aromatic rings. The first-order chi connectivity index (χ1) is 9.58. The molecule has 0 spiro atoms. The number of carboxylic acids is 1. The molecule has 1 saturated heterocycles. The second kappa shape index (κ2) is 6.36. The minimum Gasteiger partial charge on any atom is -0.480 e. The molecule has 8 nitrogen and oxygen atoms in total. The lowest BCUT2D eigenvalue weighted by atomic mass is 10.0. The van der Waals surface area contributed by atoms with Crippen LogP contribution in [0.1, 0.15) is 31.0 Å². The van der Waals surface area contributed by atoms with Crippen molar-refractivity contribution in [2.45, 2.75) is 38.6 Å². The molecule has 1 aliphatic heterocycles. The van der Waals surface area contributed by atoms with Crippen LogP contribution < -0.4 is 5.32 Å². The quantitative estimate of drug-likeness (QED) is 0.835. The van der Waals surface area contributed by atoms with E-state index in [0.29, 0.717) is 37.6 Å². The summed E-state index contributed by atoms with van der Waals surface area (Å²) in [6.07, 6.45) is 2.63. The minimum absolute atomic E-state index is 0.348. The Morgan fingerprint density at radius 3 is 2.95 bits per heavy atom. The number of hydrogen-bond donors (Lipinski definition) is 2. The maximum Gasteiger partial charge on any atom is 0.326 e. The number of nitrogens with one attached hydrogen (secondary N) is 1. The fraction of sp³-hybridized carbons (Fsp3) is 0.667. The number of rotatable bonds is 4. The number of aliphatic carboxylic acids is 1. The van der Waals surface area contributed by atoms with E-state index in [1.807, 2.05) is 0 Å². The molecule has 0 saturated carbocycles. The fourth-order valence-electron chi connectivity index (χ4n) is 2.26. The van der Waals surface area contributed by atoms with Gasteiger partial charge in [0.25, 0.3) is 0 Å². The number of likely N-dealkylation sites (tertiary alicyclic amines) is 1. The van der Waals surface area contributed by atoms with Crippen molar-refractivity contribution in [3.63, 3.8) is 0 Å². The van der Waals surface area contributed by atoms with Gasteiger partial charge in [0, 0.05) is 26.4 Å². The van der Waals surface area contributed by atoms with Crippen molar-refractivity contribution in [2.75, 3.05) is 13.1 Å². The Balaban J connectivity index is 1.82. The van der Waals surface area contributed by atoms with Crippen molar-refractivity contribution in [1.29, 1.82) is 0 Å². The molecule has 2 heterocycles. The maximum absolute atomic E-state index is 12.0. The van der Waals surface area contributed by atoms with Crippen molar-refractivity contribution in [3.05, 3.63) is 11.7 Å². The van der Waals surface area contributed by atoms with Crippen molar-refractivity contribution in [1.82, 2.24) is 20.4 Å². The first-order valence-electron chi connectivity index (χ1n) is 6.64. The zero-order valence-electron chi connectivity index (χ0n) is 11.3. The average molecular weight is 282 g/mol. The Kier molecular flexibility index (Phi) is 4.54. The van der Waals surface area contributed by atoms with Crippen LogP contribution in [0.15, 0.2) is 4.52 Å². The van der Waals surface area contributed by atoms with Crippen molar-refractivity contribution in [3.8, 4) is 0 Å². The number of carboxylic acid groups (broad SMARTS) is 1. The second-order valence-electron chi connectivity index (χ2n) is 4.75. The second-order valence-corrected chi connectivity index (χ2v) is 4.75. The van der Waals surface area contributed by atoms with E-state index in [0.717, 1.165) is 12.8 Å². The molecule has 110 valence electrons. The normalized spacial score (nSPS) is 18.9. The van der Waals surface area contributed by atoms with Crippen molar-refractivity contribution >= 4 is 12.0 Å². The number of nitrogens with zero attached hydrogens (tertiary/aromatic N) is 3. The third kappa shape index (κ3) is 3.46. The Hall–Kier alpha value is -2.12. The number of aromatic nitrogens is 2. The van der Waals surface area contributed by atoms with E-state index in [1.54, 1.807) is 6.92 Å². The lowest BCUT2D eigenvalue weighted by Crippen LogP contribution is -2.52. The third-order valence-corrected chi connectivity index (χ3v) is 3.24. The Morgan fingerprint density at radius 1 is 1.50 bits per heavy atom. The number of piperidine rings is 1. The van der Waals surface area contributed by atoms with Gasteiger partial charge in [-0.1, -0.05) is 5.16 Å². The van der Waals surface area contributed by atoms with Gasteiger partial charge in [0.1, 0.15) is 6.04 Å². The van der Waals surface area contributed by atoms with Crippen LogP contribution in [0.3, 0.4) is 0 Å². The standard InChI is InChI=1S/C12H18N4O4/c1-8-14-10(15-20-8)5-6-13-12(19)16-7-3-2-4-9(16)11(17)18/h9H,2-7H2,1H3,(H,13,19)(H,17,18). The van der Waals surface area contributed by atoms with Crippen LogP contribution in [0.4, 0.5) is 4.79 Å². The zero-order chi connectivity index (χ0) is 14.5. The van der Waals surface area contributed by atoms with Gasteiger partial charge in [-0.25, -0.2) is 9.59 Å². The Bertz CT molecular complexity index is 488. The predicted molar refractivity (Wildman–Crippen MR) is 68.1 cm³/mol. The molecule has 1 aliphatic rings. The van der Waals surface area contributed by atoms with Crippen molar-refractivity contribution < 1.29 is 19.2 Å². The summed E-state index contributed by atoms with van der Waals surface area (Å²) in [6.45, 7) is 2.52. The van der Waals surface area contributed by atoms with Crippen LogP contribution in [0.2, 0.25) is 0 Å². The number of carbonyl (C=O) groups excluding carboxylic acids is 1. The molecule has 1 unspecified atom stereocenters. The molecule has 1 fully saturated rings. The first-order valence-corrected chi connectivity index (χ1v) is 6.64. The molecule has 2 amide bonds. The highest BCUT2D eigenvalue weighted by atomic mass is 16.5. The van der Waals surface area contributed by atoms with E-state index in [-0.39, 0.29) is 6.03 Å². The smallest absolute Gasteiger partial charge is 0.326 e. The summed E-state index contributed by atoms with van der Waals surface area (Å²) in [4.78, 5) is 28.5. The Labute approximate surface area is 116 Å². The highest BCUT2D eigenvalue weighted by Gasteiger charge is 2.31. The Morgan fingerprint density at radius 2 is 2.30 bits per heavy atom. The highest BCUT2D eigenvalue weighted by molar-refractivity contribution is 5.82. The van der Waals surface area contributed by atoms with Crippen molar-refractivity contribution in [2.24, 2.45) is 0 Å². The average Bonchev–Trinajstić information content (AvgIpc) is 2.84.